The Morgan fingerprint density at radius 1 is 0.727 bits per heavy atom. The molecule has 0 N–H and O–H groups in total. The van der Waals surface area contributed by atoms with Crippen LogP contribution < -0.4 is 50.2 Å². The van der Waals surface area contributed by atoms with E-state index < -0.39 is 8.07 Å². The standard InChI is InChI=1S/C38H29BN2Se2Si/c1-44(27-11-3-2-4-12-27)36-18-10-5-13-29(36)39-28-20-19-26(23-34(28)43-35-21-25(24-40)22-37(44)38(35)39)41-30-14-6-8-16-32(30)42-33-17-9-7-15-31(33)41/h2-6,8,10-14,16,18-23H,7,9,15,17H2,1H3. The SMILES string of the molecule is C[Si]1(c2ccccc2)c2ccccc2B2c3ccc(N4C5=C(CCCC5)[Se]c5ccccc54)cc3[Se]c3cc(C#N)cc1c32. The number of allylic oxidation sites excluding steroid dienone is 2. The molecule has 0 bridgehead atoms. The average Bonchev–Trinajstić information content (AvgIpc) is 3.08. The van der Waals surface area contributed by atoms with Crippen LogP contribution in [0.5, 0.6) is 0 Å². The fourth-order valence-corrected chi connectivity index (χ4v) is 17.7. The molecule has 6 heteroatoms. The van der Waals surface area contributed by atoms with Crippen LogP contribution in [0.15, 0.2) is 119 Å². The number of benzene rings is 5. The molecule has 0 saturated carbocycles. The van der Waals surface area contributed by atoms with Gasteiger partial charge in [0.15, 0.2) is 0 Å². The van der Waals surface area contributed by atoms with Gasteiger partial charge in [0.05, 0.1) is 0 Å². The summed E-state index contributed by atoms with van der Waals surface area (Å²) in [7, 11) is -2.33. The van der Waals surface area contributed by atoms with Crippen LogP contribution in [0.2, 0.25) is 6.55 Å². The van der Waals surface area contributed by atoms with Crippen LogP contribution in [0, 0.1) is 11.3 Å². The van der Waals surface area contributed by atoms with Gasteiger partial charge >= 0.3 is 275 Å². The Morgan fingerprint density at radius 2 is 1.52 bits per heavy atom. The van der Waals surface area contributed by atoms with Crippen LogP contribution in [0.1, 0.15) is 31.2 Å². The Balaban J connectivity index is 1.26. The predicted octanol–water partition coefficient (Wildman–Crippen LogP) is 1.72. The number of nitriles is 1. The number of hydrogen-bond acceptors (Lipinski definition) is 2. The predicted molar refractivity (Wildman–Crippen MR) is 190 cm³/mol. The first-order valence-corrected chi connectivity index (χ1v) is 21.4. The summed E-state index contributed by atoms with van der Waals surface area (Å²) in [6.07, 6.45) is 5.00. The van der Waals surface area contributed by atoms with Crippen LogP contribution in [0.3, 0.4) is 0 Å². The monoisotopic (exact) mass is 712 g/mol. The third-order valence-electron chi connectivity index (χ3n) is 10.0. The molecule has 0 amide bonds. The fourth-order valence-electron chi connectivity index (χ4n) is 8.01. The zero-order valence-corrected chi connectivity index (χ0v) is 28.9. The van der Waals surface area contributed by atoms with E-state index in [-0.39, 0.29) is 21.7 Å². The van der Waals surface area contributed by atoms with E-state index in [1.807, 2.05) is 0 Å². The molecule has 5 aromatic carbocycles. The minimum atomic E-state index is -2.33. The van der Waals surface area contributed by atoms with Crippen LogP contribution in [0.25, 0.3) is 0 Å². The normalized spacial score (nSPS) is 19.3. The first-order chi connectivity index (χ1) is 21.6. The molecule has 44 heavy (non-hydrogen) atoms. The maximum atomic E-state index is 10.3. The van der Waals surface area contributed by atoms with Crippen LogP contribution >= 0.6 is 0 Å². The Morgan fingerprint density at radius 3 is 2.41 bits per heavy atom. The second-order valence-corrected chi connectivity index (χ2v) is 20.9. The first kappa shape index (κ1) is 26.8. The molecule has 0 fully saturated rings. The van der Waals surface area contributed by atoms with E-state index in [2.05, 4.69) is 127 Å². The molecule has 4 aliphatic rings. The molecular weight excluding hydrogens is 681 g/mol. The van der Waals surface area contributed by atoms with E-state index in [1.54, 1.807) is 10.2 Å². The third kappa shape index (κ3) is 3.84. The maximum absolute atomic E-state index is 10.3. The van der Waals surface area contributed by atoms with Crippen LogP contribution in [-0.2, 0) is 0 Å². The summed E-state index contributed by atoms with van der Waals surface area (Å²) in [5.74, 6) is 0. The second kappa shape index (κ2) is 10.2. The van der Waals surface area contributed by atoms with E-state index in [0.29, 0.717) is 15.0 Å². The van der Waals surface area contributed by atoms with Crippen molar-refractivity contribution in [2.75, 3.05) is 4.90 Å². The van der Waals surface area contributed by atoms with Crippen LogP contribution in [-0.4, -0.2) is 44.7 Å². The van der Waals surface area contributed by atoms with E-state index in [1.165, 1.54) is 82.4 Å². The van der Waals surface area contributed by atoms with Gasteiger partial charge in [0.2, 0.25) is 0 Å². The zero-order valence-electron chi connectivity index (χ0n) is 24.5. The molecule has 1 aliphatic carbocycles. The number of fused-ring (bicyclic) bond motifs is 5. The van der Waals surface area contributed by atoms with E-state index in [4.69, 9.17) is 0 Å². The quantitative estimate of drug-likeness (QED) is 0.257. The molecule has 5 aromatic rings. The summed E-state index contributed by atoms with van der Waals surface area (Å²) in [5.41, 5.74) is 9.43. The van der Waals surface area contributed by atoms with Gasteiger partial charge < -0.3 is 0 Å². The van der Waals surface area contributed by atoms with Crippen molar-refractivity contribution in [3.05, 3.63) is 125 Å². The van der Waals surface area contributed by atoms with Crippen molar-refractivity contribution < 1.29 is 0 Å². The number of anilines is 2. The van der Waals surface area contributed by atoms with Gasteiger partial charge in [0.25, 0.3) is 0 Å². The second-order valence-electron chi connectivity index (χ2n) is 12.4. The molecule has 0 radical (unpaired) electrons. The summed E-state index contributed by atoms with van der Waals surface area (Å²) >= 11 is 0.533. The number of nitrogens with zero attached hydrogens (tertiary/aromatic N) is 2. The number of rotatable bonds is 2. The molecule has 0 aromatic heterocycles. The minimum absolute atomic E-state index is 0.111. The van der Waals surface area contributed by atoms with Gasteiger partial charge in [0, 0.05) is 0 Å². The molecule has 0 saturated heterocycles. The van der Waals surface area contributed by atoms with Gasteiger partial charge in [-0.05, 0) is 0 Å². The van der Waals surface area contributed by atoms with Gasteiger partial charge in [-0.25, -0.2) is 0 Å². The summed E-state index contributed by atoms with van der Waals surface area (Å²) in [5, 5.41) is 14.6. The fraction of sp³-hybridized carbons (Fsp3) is 0.132. The van der Waals surface area contributed by atoms with Crippen molar-refractivity contribution in [2.45, 2.75) is 32.2 Å². The zero-order chi connectivity index (χ0) is 29.4. The van der Waals surface area contributed by atoms with E-state index >= 15 is 0 Å². The van der Waals surface area contributed by atoms with Crippen molar-refractivity contribution in [3.63, 3.8) is 0 Å². The van der Waals surface area contributed by atoms with Gasteiger partial charge in [-0.15, -0.1) is 0 Å². The average molecular weight is 710 g/mol. The molecule has 1 unspecified atom stereocenters. The molecule has 3 heterocycles. The molecule has 2 nitrogen and oxygen atoms in total. The third-order valence-corrected chi connectivity index (χ3v) is 19.6. The summed E-state index contributed by atoms with van der Waals surface area (Å²) in [6, 6.07) is 43.8. The Bertz CT molecular complexity index is 2090. The van der Waals surface area contributed by atoms with Crippen molar-refractivity contribution in [2.24, 2.45) is 0 Å². The number of hydrogen-bond donors (Lipinski definition) is 0. The van der Waals surface area contributed by atoms with Crippen molar-refractivity contribution in [3.8, 4) is 6.07 Å². The molecular formula is C38H29BN2Se2Si. The summed E-state index contributed by atoms with van der Waals surface area (Å²) in [4.78, 5) is 2.60. The summed E-state index contributed by atoms with van der Waals surface area (Å²) in [6.45, 7) is 2.71. The van der Waals surface area contributed by atoms with Crippen molar-refractivity contribution >= 4 is 101 Å². The van der Waals surface area contributed by atoms with Gasteiger partial charge in [-0.2, -0.15) is 0 Å². The molecule has 3 aliphatic heterocycles. The van der Waals surface area contributed by atoms with Gasteiger partial charge in [-0.1, -0.05) is 0 Å². The molecule has 210 valence electrons. The molecule has 1 atom stereocenters. The van der Waals surface area contributed by atoms with Gasteiger partial charge in [0.1, 0.15) is 0 Å². The Labute approximate surface area is 273 Å². The Hall–Kier alpha value is -3.55. The van der Waals surface area contributed by atoms with Crippen molar-refractivity contribution in [1.29, 1.82) is 5.26 Å². The van der Waals surface area contributed by atoms with E-state index in [0.717, 1.165) is 5.56 Å². The molecule has 0 spiro atoms. The number of para-hydroxylation sites is 1. The molecule has 9 rings (SSSR count). The van der Waals surface area contributed by atoms with Crippen LogP contribution in [0.4, 0.5) is 11.4 Å². The van der Waals surface area contributed by atoms with Crippen molar-refractivity contribution in [1.82, 2.24) is 0 Å². The van der Waals surface area contributed by atoms with E-state index in [9.17, 15) is 5.26 Å². The Kier molecular flexibility index (Phi) is 6.24. The first-order valence-electron chi connectivity index (χ1n) is 15.5. The van der Waals surface area contributed by atoms with Gasteiger partial charge in [-0.3, -0.25) is 0 Å². The topological polar surface area (TPSA) is 27.0 Å². The summed E-state index contributed by atoms with van der Waals surface area (Å²) < 4.78 is 6.04.